The van der Waals surface area contributed by atoms with Crippen molar-refractivity contribution >= 4 is 32.6 Å². The molecule has 1 amide bonds. The Morgan fingerprint density at radius 2 is 2.24 bits per heavy atom. The molecule has 0 radical (unpaired) electrons. The summed E-state index contributed by atoms with van der Waals surface area (Å²) in [6.07, 6.45) is 1.87. The molecule has 1 heterocycles. The fourth-order valence-corrected chi connectivity index (χ4v) is 2.52. The quantitative estimate of drug-likeness (QED) is 0.868. The fraction of sp³-hybridized carbons (Fsp3) is 0.545. The molecular formula is C11H17BrN2O2S. The lowest BCUT2D eigenvalue weighted by Gasteiger charge is -2.07. The van der Waals surface area contributed by atoms with E-state index in [-0.39, 0.29) is 5.91 Å². The molecule has 17 heavy (non-hydrogen) atoms. The number of amides is 1. The monoisotopic (exact) mass is 320 g/mol. The Kier molecular flexibility index (Phi) is 5.91. The summed E-state index contributed by atoms with van der Waals surface area (Å²) >= 11 is 3.35. The molecule has 0 bridgehead atoms. The van der Waals surface area contributed by atoms with Crippen molar-refractivity contribution in [2.45, 2.75) is 20.4 Å². The third kappa shape index (κ3) is 4.27. The molecule has 0 saturated carbocycles. The van der Waals surface area contributed by atoms with Crippen LogP contribution >= 0.6 is 15.9 Å². The predicted octanol–water partition coefficient (Wildman–Crippen LogP) is 1.77. The summed E-state index contributed by atoms with van der Waals surface area (Å²) in [6, 6.07) is 1.79. The van der Waals surface area contributed by atoms with Gasteiger partial charge in [0.15, 0.2) is 0 Å². The van der Waals surface area contributed by atoms with Crippen LogP contribution in [0.5, 0.6) is 0 Å². The molecule has 1 N–H and O–H groups in total. The average molecular weight is 321 g/mol. The van der Waals surface area contributed by atoms with E-state index in [2.05, 4.69) is 21.2 Å². The number of hydrogen-bond donors (Lipinski definition) is 1. The molecule has 0 aliphatic heterocycles. The Bertz CT molecular complexity index is 418. The minimum Gasteiger partial charge on any atom is -0.350 e. The zero-order chi connectivity index (χ0) is 12.8. The molecule has 0 spiro atoms. The number of carbonyl (C=O) groups is 1. The highest BCUT2D eigenvalue weighted by molar-refractivity contribution is 9.10. The van der Waals surface area contributed by atoms with Crippen LogP contribution in [-0.2, 0) is 17.3 Å². The number of halogens is 1. The van der Waals surface area contributed by atoms with E-state index in [1.807, 2.05) is 24.6 Å². The van der Waals surface area contributed by atoms with Crippen molar-refractivity contribution in [1.82, 2.24) is 9.88 Å². The average Bonchev–Trinajstić information content (AvgIpc) is 2.70. The van der Waals surface area contributed by atoms with Crippen LogP contribution in [0, 0.1) is 0 Å². The van der Waals surface area contributed by atoms with Gasteiger partial charge in [0.1, 0.15) is 5.69 Å². The van der Waals surface area contributed by atoms with Gasteiger partial charge in [0, 0.05) is 46.1 Å². The molecule has 1 rings (SSSR count). The first kappa shape index (κ1) is 14.4. The van der Waals surface area contributed by atoms with Crippen molar-refractivity contribution in [2.24, 2.45) is 0 Å². The Labute approximate surface area is 112 Å². The summed E-state index contributed by atoms with van der Waals surface area (Å²) < 4.78 is 14.0. The van der Waals surface area contributed by atoms with Crippen LogP contribution < -0.4 is 5.32 Å². The van der Waals surface area contributed by atoms with Gasteiger partial charge < -0.3 is 9.88 Å². The molecule has 0 aromatic carbocycles. The molecular weight excluding hydrogens is 304 g/mol. The SMILES string of the molecule is CCn1cc(Br)cc1C(=O)NCCS(=O)CC. The van der Waals surface area contributed by atoms with E-state index in [0.29, 0.717) is 23.7 Å². The number of aryl methyl sites for hydroxylation is 1. The van der Waals surface area contributed by atoms with Crippen LogP contribution in [0.15, 0.2) is 16.7 Å². The van der Waals surface area contributed by atoms with E-state index in [1.165, 1.54) is 0 Å². The van der Waals surface area contributed by atoms with E-state index < -0.39 is 10.8 Å². The van der Waals surface area contributed by atoms with E-state index in [0.717, 1.165) is 11.0 Å². The van der Waals surface area contributed by atoms with Gasteiger partial charge in [-0.05, 0) is 28.9 Å². The zero-order valence-electron chi connectivity index (χ0n) is 10.0. The fourth-order valence-electron chi connectivity index (χ4n) is 1.44. The molecule has 4 nitrogen and oxygen atoms in total. The van der Waals surface area contributed by atoms with Gasteiger partial charge in [-0.2, -0.15) is 0 Å². The summed E-state index contributed by atoms with van der Waals surface area (Å²) in [4.78, 5) is 11.9. The number of nitrogens with zero attached hydrogens (tertiary/aromatic N) is 1. The third-order valence-electron chi connectivity index (χ3n) is 2.37. The lowest BCUT2D eigenvalue weighted by atomic mass is 10.4. The number of rotatable bonds is 6. The molecule has 0 aliphatic rings. The van der Waals surface area contributed by atoms with Crippen LogP contribution in [0.3, 0.4) is 0 Å². The molecule has 0 aliphatic carbocycles. The van der Waals surface area contributed by atoms with Gasteiger partial charge in [0.25, 0.3) is 5.91 Å². The largest absolute Gasteiger partial charge is 0.350 e. The normalized spacial score (nSPS) is 12.4. The van der Waals surface area contributed by atoms with Gasteiger partial charge in [-0.15, -0.1) is 0 Å². The highest BCUT2D eigenvalue weighted by atomic mass is 79.9. The van der Waals surface area contributed by atoms with Crippen molar-refractivity contribution in [1.29, 1.82) is 0 Å². The Morgan fingerprint density at radius 1 is 1.53 bits per heavy atom. The van der Waals surface area contributed by atoms with Crippen molar-refractivity contribution in [2.75, 3.05) is 18.1 Å². The Morgan fingerprint density at radius 3 is 2.82 bits per heavy atom. The summed E-state index contributed by atoms with van der Waals surface area (Å²) in [7, 11) is -0.833. The number of hydrogen-bond acceptors (Lipinski definition) is 2. The van der Waals surface area contributed by atoms with Gasteiger partial charge in [0.2, 0.25) is 0 Å². The summed E-state index contributed by atoms with van der Waals surface area (Å²) in [5.74, 6) is 1.02. The first-order chi connectivity index (χ1) is 8.08. The first-order valence-corrected chi connectivity index (χ1v) is 7.85. The van der Waals surface area contributed by atoms with Crippen molar-refractivity contribution in [3.63, 3.8) is 0 Å². The van der Waals surface area contributed by atoms with Gasteiger partial charge in [-0.3, -0.25) is 9.00 Å². The van der Waals surface area contributed by atoms with Crippen LogP contribution in [0.1, 0.15) is 24.3 Å². The van der Waals surface area contributed by atoms with Crippen LogP contribution in [0.4, 0.5) is 0 Å². The summed E-state index contributed by atoms with van der Waals surface area (Å²) in [5, 5.41) is 2.78. The Balaban J connectivity index is 2.54. The second kappa shape index (κ2) is 6.96. The van der Waals surface area contributed by atoms with E-state index in [1.54, 1.807) is 6.07 Å². The molecule has 1 aromatic heterocycles. The minimum atomic E-state index is -0.833. The highest BCUT2D eigenvalue weighted by Gasteiger charge is 2.11. The highest BCUT2D eigenvalue weighted by Crippen LogP contribution is 2.14. The van der Waals surface area contributed by atoms with Crippen LogP contribution in [0.2, 0.25) is 0 Å². The smallest absolute Gasteiger partial charge is 0.267 e. The molecule has 96 valence electrons. The van der Waals surface area contributed by atoms with E-state index >= 15 is 0 Å². The zero-order valence-corrected chi connectivity index (χ0v) is 12.4. The topological polar surface area (TPSA) is 51.1 Å². The minimum absolute atomic E-state index is 0.120. The van der Waals surface area contributed by atoms with Gasteiger partial charge in [-0.25, -0.2) is 0 Å². The van der Waals surface area contributed by atoms with Gasteiger partial charge in [0.05, 0.1) is 0 Å². The Hall–Kier alpha value is -0.620. The molecule has 6 heteroatoms. The standard InChI is InChI=1S/C11H17BrN2O2S/c1-3-14-8-9(12)7-10(14)11(15)13-5-6-17(16)4-2/h7-8H,3-6H2,1-2H3,(H,13,15). The molecule has 1 unspecified atom stereocenters. The third-order valence-corrected chi connectivity index (χ3v) is 4.11. The lowest BCUT2D eigenvalue weighted by molar-refractivity contribution is 0.0947. The molecule has 0 fully saturated rings. The number of nitrogens with one attached hydrogen (secondary N) is 1. The van der Waals surface area contributed by atoms with E-state index in [4.69, 9.17) is 0 Å². The predicted molar refractivity (Wildman–Crippen MR) is 73.7 cm³/mol. The maximum absolute atomic E-state index is 11.9. The first-order valence-electron chi connectivity index (χ1n) is 5.57. The molecule has 0 saturated heterocycles. The second-order valence-electron chi connectivity index (χ2n) is 3.52. The van der Waals surface area contributed by atoms with Crippen molar-refractivity contribution in [3.05, 3.63) is 22.4 Å². The van der Waals surface area contributed by atoms with Crippen molar-refractivity contribution < 1.29 is 9.00 Å². The number of aromatic nitrogens is 1. The second-order valence-corrected chi connectivity index (χ2v) is 6.30. The van der Waals surface area contributed by atoms with Crippen molar-refractivity contribution in [3.8, 4) is 0 Å². The van der Waals surface area contributed by atoms with Crippen LogP contribution in [0.25, 0.3) is 0 Å². The van der Waals surface area contributed by atoms with Gasteiger partial charge in [-0.1, -0.05) is 6.92 Å². The maximum Gasteiger partial charge on any atom is 0.267 e. The van der Waals surface area contributed by atoms with E-state index in [9.17, 15) is 9.00 Å². The summed E-state index contributed by atoms with van der Waals surface area (Å²) in [6.45, 7) is 5.05. The van der Waals surface area contributed by atoms with Gasteiger partial charge >= 0.3 is 0 Å². The lowest BCUT2D eigenvalue weighted by Crippen LogP contribution is -2.29. The molecule has 1 atom stereocenters. The van der Waals surface area contributed by atoms with Crippen LogP contribution in [-0.4, -0.2) is 32.7 Å². The summed E-state index contributed by atoms with van der Waals surface area (Å²) in [5.41, 5.74) is 0.627. The maximum atomic E-state index is 11.9. The number of carbonyl (C=O) groups excluding carboxylic acids is 1. The molecule has 1 aromatic rings.